The van der Waals surface area contributed by atoms with Gasteiger partial charge in [0.25, 0.3) is 5.91 Å². The molecule has 2 aromatic rings. The van der Waals surface area contributed by atoms with Crippen molar-refractivity contribution < 1.29 is 22.8 Å². The minimum absolute atomic E-state index is 0.0100. The monoisotopic (exact) mass is 433 g/mol. The molecule has 0 aliphatic heterocycles. The Balaban J connectivity index is 1.98. The summed E-state index contributed by atoms with van der Waals surface area (Å²) in [7, 11) is 2.73. The van der Waals surface area contributed by atoms with Crippen LogP contribution in [-0.4, -0.2) is 62.5 Å². The van der Waals surface area contributed by atoms with Crippen molar-refractivity contribution >= 4 is 18.5 Å². The Bertz CT molecular complexity index is 1070. The molecule has 2 aromatic heterocycles. The predicted molar refractivity (Wildman–Crippen MR) is 102 cm³/mol. The molecule has 2 heterocycles. The van der Waals surface area contributed by atoms with Gasteiger partial charge in [0.2, 0.25) is 6.41 Å². The van der Waals surface area contributed by atoms with Crippen LogP contribution in [0, 0.1) is 11.3 Å². The Hall–Kier alpha value is -3.75. The first-order valence-electron chi connectivity index (χ1n) is 9.17. The maximum atomic E-state index is 13.3. The molecule has 0 spiro atoms. The van der Waals surface area contributed by atoms with Crippen LogP contribution < -0.4 is 0 Å². The summed E-state index contributed by atoms with van der Waals surface area (Å²) in [5.41, 5.74) is -0.636. The Labute approximate surface area is 175 Å². The molecule has 0 N–H and O–H groups in total. The minimum Gasteiger partial charge on any atom is -0.327 e. The number of nitriles is 1. The lowest BCUT2D eigenvalue weighted by atomic mass is 10.1. The van der Waals surface area contributed by atoms with Crippen LogP contribution in [0.15, 0.2) is 24.2 Å². The highest BCUT2D eigenvalue weighted by atomic mass is 19.4. The molecule has 12 heteroatoms. The van der Waals surface area contributed by atoms with Crippen molar-refractivity contribution in [2.75, 3.05) is 20.6 Å². The molecule has 3 rings (SSSR count). The number of rotatable bonds is 7. The van der Waals surface area contributed by atoms with Gasteiger partial charge in [0.15, 0.2) is 5.82 Å². The molecule has 1 aliphatic rings. The summed E-state index contributed by atoms with van der Waals surface area (Å²) in [5, 5.41) is 12.9. The SMILES string of the molecule is CN(CC#N)C(=O)/C(=C/n1cnc(-c2cc(C3CC3)nc(C(F)(F)F)c2)n1)N(C)C=O. The second-order valence-corrected chi connectivity index (χ2v) is 7.04. The predicted octanol–water partition coefficient (Wildman–Crippen LogP) is 2.10. The average Bonchev–Trinajstić information content (AvgIpc) is 3.48. The number of pyridine rings is 1. The van der Waals surface area contributed by atoms with Crippen LogP contribution in [-0.2, 0) is 15.8 Å². The van der Waals surface area contributed by atoms with Crippen molar-refractivity contribution in [1.29, 1.82) is 5.26 Å². The third kappa shape index (κ3) is 5.06. The van der Waals surface area contributed by atoms with Gasteiger partial charge in [-0.3, -0.25) is 9.59 Å². The molecule has 1 saturated carbocycles. The van der Waals surface area contributed by atoms with Crippen molar-refractivity contribution in [1.82, 2.24) is 29.5 Å². The number of halogens is 3. The van der Waals surface area contributed by atoms with Crippen molar-refractivity contribution in [2.24, 2.45) is 0 Å². The first-order valence-corrected chi connectivity index (χ1v) is 9.17. The zero-order chi connectivity index (χ0) is 22.8. The van der Waals surface area contributed by atoms with Gasteiger partial charge in [-0.15, -0.1) is 5.10 Å². The van der Waals surface area contributed by atoms with Gasteiger partial charge < -0.3 is 9.80 Å². The number of likely N-dealkylation sites (N-methyl/N-ethyl adjacent to an activating group) is 2. The molecule has 0 aromatic carbocycles. The molecule has 31 heavy (non-hydrogen) atoms. The average molecular weight is 433 g/mol. The van der Waals surface area contributed by atoms with E-state index >= 15 is 0 Å². The van der Waals surface area contributed by atoms with E-state index < -0.39 is 17.8 Å². The number of carbonyl (C=O) groups excluding carboxylic acids is 2. The lowest BCUT2D eigenvalue weighted by Gasteiger charge is -2.19. The number of aromatic nitrogens is 4. The summed E-state index contributed by atoms with van der Waals surface area (Å²) >= 11 is 0. The van der Waals surface area contributed by atoms with Gasteiger partial charge in [-0.25, -0.2) is 14.6 Å². The van der Waals surface area contributed by atoms with E-state index in [1.165, 1.54) is 32.7 Å². The van der Waals surface area contributed by atoms with Crippen LogP contribution in [0.2, 0.25) is 0 Å². The van der Waals surface area contributed by atoms with Crippen LogP contribution in [0.3, 0.4) is 0 Å². The van der Waals surface area contributed by atoms with Crippen molar-refractivity contribution in [3.63, 3.8) is 0 Å². The zero-order valence-electron chi connectivity index (χ0n) is 16.7. The lowest BCUT2D eigenvalue weighted by Crippen LogP contribution is -2.34. The van der Waals surface area contributed by atoms with Crippen LogP contribution in [0.4, 0.5) is 13.2 Å². The summed E-state index contributed by atoms with van der Waals surface area (Å²) in [6.45, 7) is -0.202. The summed E-state index contributed by atoms with van der Waals surface area (Å²) in [5.74, 6) is -0.617. The Morgan fingerprint density at radius 3 is 2.65 bits per heavy atom. The zero-order valence-corrected chi connectivity index (χ0v) is 16.7. The third-order valence-electron chi connectivity index (χ3n) is 4.56. The Morgan fingerprint density at radius 2 is 2.06 bits per heavy atom. The van der Waals surface area contributed by atoms with E-state index in [0.717, 1.165) is 33.4 Å². The summed E-state index contributed by atoms with van der Waals surface area (Å²) in [6, 6.07) is 4.23. The van der Waals surface area contributed by atoms with Gasteiger partial charge in [0, 0.05) is 31.3 Å². The van der Waals surface area contributed by atoms with Gasteiger partial charge in [-0.2, -0.15) is 18.4 Å². The Kier molecular flexibility index (Phi) is 6.05. The van der Waals surface area contributed by atoms with Gasteiger partial charge in [0.05, 0.1) is 12.3 Å². The second-order valence-electron chi connectivity index (χ2n) is 7.04. The number of hydrogen-bond acceptors (Lipinski definition) is 6. The number of amides is 2. The second kappa shape index (κ2) is 8.55. The largest absolute Gasteiger partial charge is 0.433 e. The lowest BCUT2D eigenvalue weighted by molar-refractivity contribution is -0.141. The van der Waals surface area contributed by atoms with Gasteiger partial charge in [-0.1, -0.05) is 0 Å². The fourth-order valence-corrected chi connectivity index (χ4v) is 2.74. The number of hydrogen-bond donors (Lipinski definition) is 0. The van der Waals surface area contributed by atoms with E-state index in [-0.39, 0.29) is 29.5 Å². The quantitative estimate of drug-likeness (QED) is 0.376. The molecule has 162 valence electrons. The van der Waals surface area contributed by atoms with Gasteiger partial charge >= 0.3 is 6.18 Å². The molecule has 1 aliphatic carbocycles. The van der Waals surface area contributed by atoms with E-state index in [0.29, 0.717) is 12.1 Å². The normalized spacial score (nSPS) is 14.1. The maximum Gasteiger partial charge on any atom is 0.433 e. The van der Waals surface area contributed by atoms with E-state index in [4.69, 9.17) is 5.26 Å². The van der Waals surface area contributed by atoms with Gasteiger partial charge in [-0.05, 0) is 25.0 Å². The van der Waals surface area contributed by atoms with E-state index in [1.54, 1.807) is 0 Å². The Morgan fingerprint density at radius 1 is 1.35 bits per heavy atom. The summed E-state index contributed by atoms with van der Waals surface area (Å²) in [4.78, 5) is 33.5. The highest BCUT2D eigenvalue weighted by Crippen LogP contribution is 2.41. The standard InChI is InChI=1S/C19H18F3N7O2/c1-27(6-5-23)18(31)15(28(2)11-30)9-29-10-24-17(26-29)13-7-14(12-3-4-12)25-16(8-13)19(20,21)22/h7-12H,3-4,6H2,1-2H3/b15-9-. The number of carbonyl (C=O) groups is 2. The van der Waals surface area contributed by atoms with Crippen LogP contribution in [0.25, 0.3) is 17.6 Å². The van der Waals surface area contributed by atoms with Crippen molar-refractivity contribution in [2.45, 2.75) is 24.9 Å². The van der Waals surface area contributed by atoms with Crippen molar-refractivity contribution in [3.8, 4) is 17.5 Å². The number of nitrogens with zero attached hydrogens (tertiary/aromatic N) is 7. The molecule has 9 nitrogen and oxygen atoms in total. The van der Waals surface area contributed by atoms with Crippen LogP contribution in [0.1, 0.15) is 30.1 Å². The summed E-state index contributed by atoms with van der Waals surface area (Å²) < 4.78 is 40.9. The summed E-state index contributed by atoms with van der Waals surface area (Å²) in [6.07, 6.45) is -0.247. The maximum absolute atomic E-state index is 13.3. The molecule has 0 bridgehead atoms. The fourth-order valence-electron chi connectivity index (χ4n) is 2.74. The van der Waals surface area contributed by atoms with Gasteiger partial charge in [0.1, 0.15) is 24.3 Å². The van der Waals surface area contributed by atoms with E-state index in [2.05, 4.69) is 15.1 Å². The first-order chi connectivity index (χ1) is 14.6. The molecule has 0 saturated heterocycles. The molecule has 0 atom stereocenters. The molecule has 2 amide bonds. The highest BCUT2D eigenvalue weighted by molar-refractivity contribution is 5.97. The highest BCUT2D eigenvalue weighted by Gasteiger charge is 2.35. The van der Waals surface area contributed by atoms with Crippen LogP contribution >= 0.6 is 0 Å². The van der Waals surface area contributed by atoms with Crippen molar-refractivity contribution in [3.05, 3.63) is 35.5 Å². The molecule has 0 radical (unpaired) electrons. The fraction of sp³-hybridized carbons (Fsp3) is 0.368. The number of alkyl halides is 3. The third-order valence-corrected chi connectivity index (χ3v) is 4.56. The topological polar surface area (TPSA) is 108 Å². The molecular formula is C19H18F3N7O2. The molecular weight excluding hydrogens is 415 g/mol. The molecule has 1 fully saturated rings. The minimum atomic E-state index is -4.61. The van der Waals surface area contributed by atoms with Crippen LogP contribution in [0.5, 0.6) is 0 Å². The van der Waals surface area contributed by atoms with E-state index in [1.807, 2.05) is 6.07 Å². The smallest absolute Gasteiger partial charge is 0.327 e. The molecule has 0 unspecified atom stereocenters. The first kappa shape index (κ1) is 21.9. The van der Waals surface area contributed by atoms with E-state index in [9.17, 15) is 22.8 Å².